The summed E-state index contributed by atoms with van der Waals surface area (Å²) in [6, 6.07) is 10.7. The summed E-state index contributed by atoms with van der Waals surface area (Å²) in [7, 11) is 0. The summed E-state index contributed by atoms with van der Waals surface area (Å²) in [5, 5.41) is 10.3. The number of benzene rings is 1. The molecule has 1 aromatic carbocycles. The predicted octanol–water partition coefficient (Wildman–Crippen LogP) is 3.32. The lowest BCUT2D eigenvalue weighted by molar-refractivity contribution is 0.699. The zero-order valence-electron chi connectivity index (χ0n) is 11.9. The van der Waals surface area contributed by atoms with Crippen LogP contribution < -0.4 is 4.90 Å². The van der Waals surface area contributed by atoms with Crippen LogP contribution in [0.1, 0.15) is 35.3 Å². The van der Waals surface area contributed by atoms with Crippen LogP contribution in [0, 0.1) is 0 Å². The summed E-state index contributed by atoms with van der Waals surface area (Å²) in [5.74, 6) is 0.897. The third kappa shape index (κ3) is 2.74. The monoisotopic (exact) mass is 329 g/mol. The first-order chi connectivity index (χ1) is 10.9. The Balaban J connectivity index is 1.53. The maximum Gasteiger partial charge on any atom is 0.205 e. The predicted molar refractivity (Wildman–Crippen MR) is 88.4 cm³/mol. The van der Waals surface area contributed by atoms with Crippen molar-refractivity contribution < 1.29 is 0 Å². The van der Waals surface area contributed by atoms with Gasteiger partial charge in [-0.05, 0) is 18.4 Å². The molecule has 0 amide bonds. The van der Waals surface area contributed by atoms with E-state index in [1.165, 1.54) is 17.1 Å². The van der Waals surface area contributed by atoms with Crippen LogP contribution >= 0.6 is 22.9 Å². The molecule has 4 rings (SSSR count). The van der Waals surface area contributed by atoms with E-state index in [1.54, 1.807) is 16.8 Å². The van der Waals surface area contributed by atoms with Gasteiger partial charge in [0.05, 0.1) is 6.04 Å². The SMILES string of the molecule is c1ccc(Cc2nsc(N3CCCC3c3nncs3)n2)cc1. The van der Waals surface area contributed by atoms with Crippen LogP contribution in [-0.2, 0) is 6.42 Å². The van der Waals surface area contributed by atoms with Gasteiger partial charge >= 0.3 is 0 Å². The molecule has 2 aromatic heterocycles. The zero-order chi connectivity index (χ0) is 14.8. The molecular formula is C15H15N5S2. The molecule has 1 aliphatic rings. The second kappa shape index (κ2) is 6.10. The Bertz CT molecular complexity index is 725. The molecule has 5 nitrogen and oxygen atoms in total. The lowest BCUT2D eigenvalue weighted by atomic mass is 10.1. The van der Waals surface area contributed by atoms with Crippen molar-refractivity contribution in [2.45, 2.75) is 25.3 Å². The van der Waals surface area contributed by atoms with Gasteiger partial charge in [-0.15, -0.1) is 21.5 Å². The van der Waals surface area contributed by atoms with Gasteiger partial charge in [0, 0.05) is 24.5 Å². The van der Waals surface area contributed by atoms with Crippen LogP contribution in [0.3, 0.4) is 0 Å². The Morgan fingerprint density at radius 3 is 2.95 bits per heavy atom. The molecule has 0 radical (unpaired) electrons. The quantitative estimate of drug-likeness (QED) is 0.735. The van der Waals surface area contributed by atoms with Gasteiger partial charge < -0.3 is 4.90 Å². The Kier molecular flexibility index (Phi) is 3.82. The number of aromatic nitrogens is 4. The van der Waals surface area contributed by atoms with Crippen LogP contribution in [-0.4, -0.2) is 26.1 Å². The highest BCUT2D eigenvalue weighted by atomic mass is 32.1. The summed E-state index contributed by atoms with van der Waals surface area (Å²) in [6.07, 6.45) is 3.06. The molecule has 7 heteroatoms. The highest BCUT2D eigenvalue weighted by molar-refractivity contribution is 7.10. The second-order valence-corrected chi connectivity index (χ2v) is 6.88. The summed E-state index contributed by atoms with van der Waals surface area (Å²) >= 11 is 3.11. The average molecular weight is 329 g/mol. The first-order valence-electron chi connectivity index (χ1n) is 7.29. The van der Waals surface area contributed by atoms with E-state index in [2.05, 4.69) is 43.7 Å². The lowest BCUT2D eigenvalue weighted by Gasteiger charge is -2.20. The number of rotatable bonds is 4. The van der Waals surface area contributed by atoms with Crippen LogP contribution in [0.15, 0.2) is 35.8 Å². The van der Waals surface area contributed by atoms with E-state index in [-0.39, 0.29) is 0 Å². The summed E-state index contributed by atoms with van der Waals surface area (Å²) in [5.41, 5.74) is 3.04. The third-order valence-electron chi connectivity index (χ3n) is 3.82. The van der Waals surface area contributed by atoms with Gasteiger partial charge in [0.25, 0.3) is 0 Å². The Morgan fingerprint density at radius 1 is 1.23 bits per heavy atom. The van der Waals surface area contributed by atoms with Crippen molar-refractivity contribution in [3.05, 3.63) is 52.2 Å². The van der Waals surface area contributed by atoms with Crippen LogP contribution in [0.5, 0.6) is 0 Å². The Labute approximate surface area is 136 Å². The standard InChI is InChI=1S/C15H15N5S2/c1-2-5-11(6-3-1)9-13-17-15(22-19-13)20-8-4-7-12(20)14-18-16-10-21-14/h1-3,5-6,10,12H,4,7-9H2. The molecule has 1 aliphatic heterocycles. The minimum Gasteiger partial charge on any atom is -0.337 e. The molecule has 3 aromatic rings. The van der Waals surface area contributed by atoms with Crippen LogP contribution in [0.2, 0.25) is 0 Å². The smallest absolute Gasteiger partial charge is 0.205 e. The van der Waals surface area contributed by atoms with Crippen molar-refractivity contribution in [2.24, 2.45) is 0 Å². The molecule has 1 unspecified atom stereocenters. The van der Waals surface area contributed by atoms with Gasteiger partial charge in [0.2, 0.25) is 5.13 Å². The maximum atomic E-state index is 4.74. The minimum absolute atomic E-state index is 0.310. The highest BCUT2D eigenvalue weighted by Crippen LogP contribution is 2.37. The van der Waals surface area contributed by atoms with Gasteiger partial charge in [-0.2, -0.15) is 4.37 Å². The molecule has 1 atom stereocenters. The first kappa shape index (κ1) is 13.8. The van der Waals surface area contributed by atoms with Gasteiger partial charge in [-0.1, -0.05) is 30.3 Å². The topological polar surface area (TPSA) is 54.8 Å². The second-order valence-electron chi connectivity index (χ2n) is 5.28. The molecule has 0 bridgehead atoms. The van der Waals surface area contributed by atoms with Crippen molar-refractivity contribution in [2.75, 3.05) is 11.4 Å². The van der Waals surface area contributed by atoms with E-state index in [4.69, 9.17) is 4.98 Å². The van der Waals surface area contributed by atoms with Crippen molar-refractivity contribution in [1.82, 2.24) is 19.6 Å². The lowest BCUT2D eigenvalue weighted by Crippen LogP contribution is -2.22. The average Bonchev–Trinajstić information content (AvgIpc) is 3.29. The fraction of sp³-hybridized carbons (Fsp3) is 0.333. The van der Waals surface area contributed by atoms with E-state index in [9.17, 15) is 0 Å². The van der Waals surface area contributed by atoms with Crippen LogP contribution in [0.4, 0.5) is 5.13 Å². The Hall–Kier alpha value is -1.86. The van der Waals surface area contributed by atoms with Gasteiger partial charge in [-0.25, -0.2) is 4.98 Å². The summed E-state index contributed by atoms with van der Waals surface area (Å²) in [4.78, 5) is 7.06. The normalized spacial score (nSPS) is 18.0. The molecule has 112 valence electrons. The fourth-order valence-electron chi connectivity index (χ4n) is 2.79. The molecule has 0 saturated carbocycles. The number of anilines is 1. The number of nitrogens with zero attached hydrogens (tertiary/aromatic N) is 5. The largest absolute Gasteiger partial charge is 0.337 e. The van der Waals surface area contributed by atoms with Crippen LogP contribution in [0.25, 0.3) is 0 Å². The summed E-state index contributed by atoms with van der Waals surface area (Å²) in [6.45, 7) is 1.02. The molecule has 1 saturated heterocycles. The van der Waals surface area contributed by atoms with Crippen molar-refractivity contribution in [3.8, 4) is 0 Å². The van der Waals surface area contributed by atoms with E-state index >= 15 is 0 Å². The van der Waals surface area contributed by atoms with Crippen molar-refractivity contribution in [1.29, 1.82) is 0 Å². The van der Waals surface area contributed by atoms with Gasteiger partial charge in [0.15, 0.2) is 0 Å². The number of hydrogen-bond acceptors (Lipinski definition) is 7. The van der Waals surface area contributed by atoms with E-state index in [0.29, 0.717) is 6.04 Å². The molecular weight excluding hydrogens is 314 g/mol. The van der Waals surface area contributed by atoms with Crippen molar-refractivity contribution in [3.63, 3.8) is 0 Å². The van der Waals surface area contributed by atoms with E-state index in [0.717, 1.165) is 41.8 Å². The molecule has 0 N–H and O–H groups in total. The molecule has 0 spiro atoms. The fourth-order valence-corrected chi connectivity index (χ4v) is 4.25. The van der Waals surface area contributed by atoms with Crippen molar-refractivity contribution >= 4 is 28.0 Å². The Morgan fingerprint density at radius 2 is 2.14 bits per heavy atom. The first-order valence-corrected chi connectivity index (χ1v) is 8.94. The maximum absolute atomic E-state index is 4.74. The third-order valence-corrected chi connectivity index (χ3v) is 5.41. The molecule has 22 heavy (non-hydrogen) atoms. The minimum atomic E-state index is 0.310. The number of hydrogen-bond donors (Lipinski definition) is 0. The van der Waals surface area contributed by atoms with Gasteiger partial charge in [-0.3, -0.25) is 0 Å². The molecule has 3 heterocycles. The highest BCUT2D eigenvalue weighted by Gasteiger charge is 2.30. The molecule has 1 fully saturated rings. The summed E-state index contributed by atoms with van der Waals surface area (Å²) < 4.78 is 4.53. The van der Waals surface area contributed by atoms with E-state index < -0.39 is 0 Å². The van der Waals surface area contributed by atoms with E-state index in [1.807, 2.05) is 6.07 Å². The molecule has 0 aliphatic carbocycles. The zero-order valence-corrected chi connectivity index (χ0v) is 13.6. The van der Waals surface area contributed by atoms with Gasteiger partial charge in [0.1, 0.15) is 16.3 Å².